The fourth-order valence-electron chi connectivity index (χ4n) is 3.16. The minimum Gasteiger partial charge on any atom is -0.495 e. The Morgan fingerprint density at radius 3 is 2.59 bits per heavy atom. The molecule has 2 aromatic carbocycles. The van der Waals surface area contributed by atoms with Gasteiger partial charge in [-0.05, 0) is 56.2 Å². The summed E-state index contributed by atoms with van der Waals surface area (Å²) in [6, 6.07) is 13.1. The van der Waals surface area contributed by atoms with Crippen molar-refractivity contribution < 1.29 is 14.3 Å². The van der Waals surface area contributed by atoms with Crippen LogP contribution in [0.3, 0.4) is 0 Å². The number of carbonyl (C=O) groups excluding carboxylic acids is 1. The van der Waals surface area contributed by atoms with E-state index >= 15 is 0 Å². The van der Waals surface area contributed by atoms with Gasteiger partial charge in [0.05, 0.1) is 18.6 Å². The third kappa shape index (κ3) is 5.95. The number of nitrogens with one attached hydrogen (secondary N) is 1. The highest BCUT2D eigenvalue weighted by atomic mass is 35.5. The van der Waals surface area contributed by atoms with Crippen LogP contribution in [0.15, 0.2) is 47.6 Å². The van der Waals surface area contributed by atoms with Crippen molar-refractivity contribution in [2.24, 2.45) is 0 Å². The molecule has 0 saturated heterocycles. The third-order valence-corrected chi connectivity index (χ3v) is 6.04. The van der Waals surface area contributed by atoms with Gasteiger partial charge in [-0.15, -0.1) is 10.2 Å². The van der Waals surface area contributed by atoms with E-state index in [1.165, 1.54) is 17.3 Å². The van der Waals surface area contributed by atoms with Gasteiger partial charge < -0.3 is 19.4 Å². The van der Waals surface area contributed by atoms with Crippen molar-refractivity contribution in [1.82, 2.24) is 14.8 Å². The Morgan fingerprint density at radius 2 is 1.94 bits per heavy atom. The second kappa shape index (κ2) is 11.2. The van der Waals surface area contributed by atoms with Crippen molar-refractivity contribution in [3.05, 3.63) is 58.9 Å². The van der Waals surface area contributed by atoms with Crippen LogP contribution in [0.5, 0.6) is 11.5 Å². The highest BCUT2D eigenvalue weighted by Crippen LogP contribution is 2.29. The van der Waals surface area contributed by atoms with Gasteiger partial charge >= 0.3 is 0 Å². The number of aryl methyl sites for hydroxylation is 1. The molecule has 0 aliphatic rings. The lowest BCUT2D eigenvalue weighted by atomic mass is 10.2. The van der Waals surface area contributed by atoms with Crippen molar-refractivity contribution in [3.8, 4) is 11.5 Å². The molecule has 1 atom stereocenters. The van der Waals surface area contributed by atoms with Crippen LogP contribution >= 0.6 is 23.4 Å². The van der Waals surface area contributed by atoms with Gasteiger partial charge in [0, 0.05) is 11.6 Å². The lowest BCUT2D eigenvalue weighted by molar-refractivity contribution is -0.113. The van der Waals surface area contributed by atoms with Crippen molar-refractivity contribution in [1.29, 1.82) is 0 Å². The zero-order valence-corrected chi connectivity index (χ0v) is 20.2. The van der Waals surface area contributed by atoms with Crippen molar-refractivity contribution in [2.75, 3.05) is 18.2 Å². The molecule has 1 unspecified atom stereocenters. The van der Waals surface area contributed by atoms with Crippen LogP contribution in [0.1, 0.15) is 38.3 Å². The standard InChI is InChI=1S/C23H27ClN4O3S/c1-5-16-7-10-18(11-8-16)31-15(3)22-26-27-23(28(22)6-2)32-14-21(29)25-19-13-17(24)9-12-20(19)30-4/h7-13,15H,5-6,14H2,1-4H3,(H,25,29). The summed E-state index contributed by atoms with van der Waals surface area (Å²) in [7, 11) is 1.54. The molecule has 170 valence electrons. The summed E-state index contributed by atoms with van der Waals surface area (Å²) >= 11 is 7.34. The number of thioether (sulfide) groups is 1. The Hall–Kier alpha value is -2.71. The van der Waals surface area contributed by atoms with E-state index in [2.05, 4.69) is 34.6 Å². The molecule has 0 aliphatic heterocycles. The first kappa shape index (κ1) is 23.9. The molecule has 1 amide bonds. The summed E-state index contributed by atoms with van der Waals surface area (Å²) in [6.45, 7) is 6.73. The van der Waals surface area contributed by atoms with Crippen molar-refractivity contribution >= 4 is 35.0 Å². The zero-order chi connectivity index (χ0) is 23.1. The first-order valence-corrected chi connectivity index (χ1v) is 11.8. The van der Waals surface area contributed by atoms with Gasteiger partial charge in [-0.1, -0.05) is 42.4 Å². The molecule has 0 spiro atoms. The van der Waals surface area contributed by atoms with Gasteiger partial charge in [0.25, 0.3) is 0 Å². The summed E-state index contributed by atoms with van der Waals surface area (Å²) in [4.78, 5) is 12.5. The minimum atomic E-state index is -0.283. The fraction of sp³-hybridized carbons (Fsp3) is 0.348. The average Bonchev–Trinajstić information content (AvgIpc) is 3.21. The highest BCUT2D eigenvalue weighted by Gasteiger charge is 2.20. The van der Waals surface area contributed by atoms with Gasteiger partial charge in [-0.25, -0.2) is 0 Å². The summed E-state index contributed by atoms with van der Waals surface area (Å²) in [5.41, 5.74) is 1.79. The number of hydrogen-bond donors (Lipinski definition) is 1. The van der Waals surface area contributed by atoms with E-state index in [0.717, 1.165) is 12.2 Å². The predicted molar refractivity (Wildman–Crippen MR) is 128 cm³/mol. The number of aromatic nitrogens is 3. The molecule has 0 aliphatic carbocycles. The number of halogens is 1. The molecule has 32 heavy (non-hydrogen) atoms. The molecule has 7 nitrogen and oxygen atoms in total. The Kier molecular flexibility index (Phi) is 8.41. The van der Waals surface area contributed by atoms with Gasteiger partial charge in [0.2, 0.25) is 5.91 Å². The molecule has 1 heterocycles. The smallest absolute Gasteiger partial charge is 0.234 e. The van der Waals surface area contributed by atoms with E-state index in [1.807, 2.05) is 30.5 Å². The monoisotopic (exact) mass is 474 g/mol. The quantitative estimate of drug-likeness (QED) is 0.397. The molecule has 0 saturated carbocycles. The average molecular weight is 475 g/mol. The van der Waals surface area contributed by atoms with Crippen molar-refractivity contribution in [3.63, 3.8) is 0 Å². The number of hydrogen-bond acceptors (Lipinski definition) is 6. The maximum absolute atomic E-state index is 12.5. The van der Waals surface area contributed by atoms with Crippen LogP contribution in [0, 0.1) is 0 Å². The van der Waals surface area contributed by atoms with Crippen LogP contribution < -0.4 is 14.8 Å². The maximum Gasteiger partial charge on any atom is 0.234 e. The molecular weight excluding hydrogens is 448 g/mol. The molecule has 3 rings (SSSR count). The van der Waals surface area contributed by atoms with Gasteiger partial charge in [-0.3, -0.25) is 4.79 Å². The number of ether oxygens (including phenoxy) is 2. The Balaban J connectivity index is 1.64. The topological polar surface area (TPSA) is 78.3 Å². The number of carbonyl (C=O) groups is 1. The largest absolute Gasteiger partial charge is 0.495 e. The molecular formula is C23H27ClN4O3S. The molecule has 0 radical (unpaired) electrons. The number of rotatable bonds is 10. The van der Waals surface area contributed by atoms with Crippen LogP contribution in [-0.2, 0) is 17.8 Å². The molecule has 3 aromatic rings. The fourth-order valence-corrected chi connectivity index (χ4v) is 4.14. The molecule has 9 heteroatoms. The van der Waals surface area contributed by atoms with Gasteiger partial charge in [0.1, 0.15) is 11.5 Å². The molecule has 1 N–H and O–H groups in total. The SMILES string of the molecule is CCc1ccc(OC(C)c2nnc(SCC(=O)Nc3cc(Cl)ccc3OC)n2CC)cc1. The lowest BCUT2D eigenvalue weighted by Crippen LogP contribution is -2.16. The Labute approximate surface area is 197 Å². The van der Waals surface area contributed by atoms with E-state index in [0.29, 0.717) is 34.0 Å². The number of nitrogens with zero attached hydrogens (tertiary/aromatic N) is 3. The van der Waals surface area contributed by atoms with Crippen LogP contribution in [0.2, 0.25) is 5.02 Å². The van der Waals surface area contributed by atoms with E-state index in [4.69, 9.17) is 21.1 Å². The first-order chi connectivity index (χ1) is 15.4. The summed E-state index contributed by atoms with van der Waals surface area (Å²) in [5.74, 6) is 2.02. The second-order valence-electron chi connectivity index (χ2n) is 7.02. The van der Waals surface area contributed by atoms with E-state index in [9.17, 15) is 4.79 Å². The second-order valence-corrected chi connectivity index (χ2v) is 8.40. The first-order valence-electron chi connectivity index (χ1n) is 10.4. The van der Waals surface area contributed by atoms with E-state index in [-0.39, 0.29) is 17.8 Å². The highest BCUT2D eigenvalue weighted by molar-refractivity contribution is 7.99. The predicted octanol–water partition coefficient (Wildman–Crippen LogP) is 5.39. The molecule has 1 aromatic heterocycles. The zero-order valence-electron chi connectivity index (χ0n) is 18.6. The Bertz CT molecular complexity index is 1060. The van der Waals surface area contributed by atoms with Gasteiger partial charge in [0.15, 0.2) is 17.1 Å². The van der Waals surface area contributed by atoms with Gasteiger partial charge in [-0.2, -0.15) is 0 Å². The summed E-state index contributed by atoms with van der Waals surface area (Å²) in [5, 5.41) is 12.6. The van der Waals surface area contributed by atoms with E-state index in [1.54, 1.807) is 25.3 Å². The van der Waals surface area contributed by atoms with Crippen LogP contribution in [0.4, 0.5) is 5.69 Å². The normalized spacial score (nSPS) is 11.8. The summed E-state index contributed by atoms with van der Waals surface area (Å²) < 4.78 is 13.3. The number of methoxy groups -OCH3 is 1. The molecule has 0 bridgehead atoms. The van der Waals surface area contributed by atoms with Crippen LogP contribution in [0.25, 0.3) is 0 Å². The number of amides is 1. The Morgan fingerprint density at radius 1 is 1.19 bits per heavy atom. The number of benzene rings is 2. The summed E-state index contributed by atoms with van der Waals surface area (Å²) in [6.07, 6.45) is 0.701. The van der Waals surface area contributed by atoms with Crippen LogP contribution in [-0.4, -0.2) is 33.5 Å². The minimum absolute atomic E-state index is 0.168. The third-order valence-electron chi connectivity index (χ3n) is 4.84. The maximum atomic E-state index is 12.5. The lowest BCUT2D eigenvalue weighted by Gasteiger charge is -2.16. The van der Waals surface area contributed by atoms with E-state index < -0.39 is 0 Å². The molecule has 0 fully saturated rings. The van der Waals surface area contributed by atoms with Crippen molar-refractivity contribution in [2.45, 2.75) is 45.0 Å². The number of anilines is 1.